The highest BCUT2D eigenvalue weighted by atomic mass is 19.1. The third-order valence-corrected chi connectivity index (χ3v) is 2.14. The van der Waals surface area contributed by atoms with Crippen LogP contribution in [0.15, 0.2) is 12.1 Å². The number of methoxy groups -OCH3 is 1. The molecule has 0 radical (unpaired) electrons. The molecule has 0 saturated carbocycles. The zero-order valence-corrected chi connectivity index (χ0v) is 8.96. The molecular weight excluding hydrogens is 218 g/mol. The number of aliphatic hydroxyl groups is 1. The van der Waals surface area contributed by atoms with Gasteiger partial charge < -0.3 is 9.84 Å². The number of rotatable bonds is 3. The quantitative estimate of drug-likeness (QED) is 0.806. The van der Waals surface area contributed by atoms with E-state index in [1.165, 1.54) is 6.92 Å². The second kappa shape index (κ2) is 5.03. The third kappa shape index (κ3) is 2.76. The number of carbonyl (C=O) groups excluding carboxylic acids is 1. The van der Waals surface area contributed by atoms with Crippen molar-refractivity contribution in [2.75, 3.05) is 7.11 Å². The number of hydrogen-bond donors (Lipinski definition) is 1. The number of esters is 1. The van der Waals surface area contributed by atoms with Crippen molar-refractivity contribution in [1.82, 2.24) is 0 Å². The van der Waals surface area contributed by atoms with E-state index in [0.717, 1.165) is 19.2 Å². The van der Waals surface area contributed by atoms with E-state index < -0.39 is 35.7 Å². The standard InChI is InChI=1S/C11H12F2O3/c1-6-3-7(12)11(8(13)4-6)9(14)5-10(15)16-2/h3-4,9,14H,5H2,1-2H3/t9-/m1/s1. The monoisotopic (exact) mass is 230 g/mol. The number of hydrogen-bond acceptors (Lipinski definition) is 3. The highest BCUT2D eigenvalue weighted by Gasteiger charge is 2.21. The first kappa shape index (κ1) is 12.6. The predicted octanol–water partition coefficient (Wildman–Crippen LogP) is 1.87. The molecule has 0 aromatic heterocycles. The average Bonchev–Trinajstić information content (AvgIpc) is 2.15. The Kier molecular flexibility index (Phi) is 3.95. The molecule has 0 unspecified atom stereocenters. The second-order valence-electron chi connectivity index (χ2n) is 3.44. The average molecular weight is 230 g/mol. The van der Waals surface area contributed by atoms with Gasteiger partial charge in [-0.25, -0.2) is 8.78 Å². The first-order valence-corrected chi connectivity index (χ1v) is 4.66. The minimum atomic E-state index is -1.53. The van der Waals surface area contributed by atoms with E-state index in [-0.39, 0.29) is 0 Å². The van der Waals surface area contributed by atoms with Gasteiger partial charge in [0.15, 0.2) is 0 Å². The first-order valence-electron chi connectivity index (χ1n) is 4.66. The van der Waals surface area contributed by atoms with Gasteiger partial charge in [0, 0.05) is 0 Å². The maximum Gasteiger partial charge on any atom is 0.308 e. The Balaban J connectivity index is 2.99. The van der Waals surface area contributed by atoms with Gasteiger partial charge in [-0.15, -0.1) is 0 Å². The molecular formula is C11H12F2O3. The summed E-state index contributed by atoms with van der Waals surface area (Å²) >= 11 is 0. The van der Waals surface area contributed by atoms with Crippen molar-refractivity contribution in [1.29, 1.82) is 0 Å². The predicted molar refractivity (Wildman–Crippen MR) is 52.7 cm³/mol. The Hall–Kier alpha value is -1.49. The van der Waals surface area contributed by atoms with Crippen LogP contribution in [-0.4, -0.2) is 18.2 Å². The Labute approximate surface area is 91.7 Å². The van der Waals surface area contributed by atoms with Crippen LogP contribution in [0.3, 0.4) is 0 Å². The van der Waals surface area contributed by atoms with Crippen LogP contribution in [0.4, 0.5) is 8.78 Å². The number of benzene rings is 1. The maximum absolute atomic E-state index is 13.4. The summed E-state index contributed by atoms with van der Waals surface area (Å²) in [6.45, 7) is 1.53. The largest absolute Gasteiger partial charge is 0.469 e. The van der Waals surface area contributed by atoms with E-state index in [2.05, 4.69) is 4.74 Å². The molecule has 0 heterocycles. The van der Waals surface area contributed by atoms with Crippen molar-refractivity contribution in [2.45, 2.75) is 19.4 Å². The van der Waals surface area contributed by atoms with Gasteiger partial charge in [0.2, 0.25) is 0 Å². The Morgan fingerprint density at radius 2 is 1.94 bits per heavy atom. The van der Waals surface area contributed by atoms with Crippen LogP contribution in [-0.2, 0) is 9.53 Å². The normalized spacial score (nSPS) is 12.3. The molecule has 0 amide bonds. The lowest BCUT2D eigenvalue weighted by molar-refractivity contribution is -0.142. The molecule has 0 bridgehead atoms. The van der Waals surface area contributed by atoms with Gasteiger partial charge in [-0.3, -0.25) is 4.79 Å². The van der Waals surface area contributed by atoms with Crippen LogP contribution < -0.4 is 0 Å². The minimum Gasteiger partial charge on any atom is -0.469 e. The Bertz CT molecular complexity index is 381. The molecule has 3 nitrogen and oxygen atoms in total. The van der Waals surface area contributed by atoms with Crippen LogP contribution in [0, 0.1) is 18.6 Å². The van der Waals surface area contributed by atoms with Gasteiger partial charge in [-0.2, -0.15) is 0 Å². The molecule has 1 rings (SSSR count). The smallest absolute Gasteiger partial charge is 0.308 e. The van der Waals surface area contributed by atoms with Crippen LogP contribution >= 0.6 is 0 Å². The van der Waals surface area contributed by atoms with Crippen molar-refractivity contribution < 1.29 is 23.4 Å². The molecule has 1 aromatic rings. The van der Waals surface area contributed by atoms with Gasteiger partial charge in [-0.1, -0.05) is 0 Å². The zero-order chi connectivity index (χ0) is 12.3. The molecule has 1 N–H and O–H groups in total. The minimum absolute atomic E-state index is 0.406. The molecule has 16 heavy (non-hydrogen) atoms. The molecule has 0 saturated heterocycles. The fourth-order valence-corrected chi connectivity index (χ4v) is 1.37. The lowest BCUT2D eigenvalue weighted by Crippen LogP contribution is -2.11. The fourth-order valence-electron chi connectivity index (χ4n) is 1.37. The molecule has 0 fully saturated rings. The molecule has 0 aliphatic heterocycles. The van der Waals surface area contributed by atoms with E-state index in [4.69, 9.17) is 0 Å². The second-order valence-corrected chi connectivity index (χ2v) is 3.44. The van der Waals surface area contributed by atoms with Gasteiger partial charge in [0.25, 0.3) is 0 Å². The van der Waals surface area contributed by atoms with Crippen molar-refractivity contribution in [3.05, 3.63) is 34.9 Å². The summed E-state index contributed by atoms with van der Waals surface area (Å²) in [6.07, 6.45) is -2.01. The van der Waals surface area contributed by atoms with E-state index >= 15 is 0 Å². The molecule has 88 valence electrons. The van der Waals surface area contributed by atoms with Gasteiger partial charge in [-0.05, 0) is 24.6 Å². The molecule has 5 heteroatoms. The van der Waals surface area contributed by atoms with Gasteiger partial charge in [0.1, 0.15) is 11.6 Å². The van der Waals surface area contributed by atoms with Crippen molar-refractivity contribution in [3.8, 4) is 0 Å². The topological polar surface area (TPSA) is 46.5 Å². The maximum atomic E-state index is 13.4. The molecule has 0 aliphatic carbocycles. The van der Waals surface area contributed by atoms with E-state index in [1.54, 1.807) is 0 Å². The first-order chi connectivity index (χ1) is 7.45. The van der Waals surface area contributed by atoms with E-state index in [0.29, 0.717) is 5.56 Å². The summed E-state index contributed by atoms with van der Waals surface area (Å²) in [5.74, 6) is -2.46. The Morgan fingerprint density at radius 3 is 2.38 bits per heavy atom. The van der Waals surface area contributed by atoms with Gasteiger partial charge >= 0.3 is 5.97 Å². The number of halogens is 2. The summed E-state index contributed by atoms with van der Waals surface area (Å²) in [5, 5.41) is 9.49. The summed E-state index contributed by atoms with van der Waals surface area (Å²) in [4.78, 5) is 10.9. The summed E-state index contributed by atoms with van der Waals surface area (Å²) in [5.41, 5.74) is -0.0972. The summed E-state index contributed by atoms with van der Waals surface area (Å²) in [6, 6.07) is 2.19. The lowest BCUT2D eigenvalue weighted by atomic mass is 10.0. The highest BCUT2D eigenvalue weighted by Crippen LogP contribution is 2.24. The third-order valence-electron chi connectivity index (χ3n) is 2.14. The SMILES string of the molecule is COC(=O)C[C@@H](O)c1c(F)cc(C)cc1F. The van der Waals surface area contributed by atoms with Crippen LogP contribution in [0.2, 0.25) is 0 Å². The van der Waals surface area contributed by atoms with Crippen molar-refractivity contribution >= 4 is 5.97 Å². The fraction of sp³-hybridized carbons (Fsp3) is 0.364. The lowest BCUT2D eigenvalue weighted by Gasteiger charge is -2.12. The highest BCUT2D eigenvalue weighted by molar-refractivity contribution is 5.70. The molecule has 0 spiro atoms. The van der Waals surface area contributed by atoms with Crippen LogP contribution in [0.1, 0.15) is 23.7 Å². The molecule has 0 aliphatic rings. The number of ether oxygens (including phenoxy) is 1. The summed E-state index contributed by atoms with van der Waals surface area (Å²) < 4.78 is 31.0. The number of carbonyl (C=O) groups is 1. The molecule has 1 atom stereocenters. The Morgan fingerprint density at radius 1 is 1.44 bits per heavy atom. The number of aliphatic hydroxyl groups excluding tert-OH is 1. The van der Waals surface area contributed by atoms with Crippen molar-refractivity contribution in [3.63, 3.8) is 0 Å². The van der Waals surface area contributed by atoms with Gasteiger partial charge in [0.05, 0.1) is 25.2 Å². The van der Waals surface area contributed by atoms with Crippen molar-refractivity contribution in [2.24, 2.45) is 0 Å². The summed E-state index contributed by atoms with van der Waals surface area (Å²) in [7, 11) is 1.14. The van der Waals surface area contributed by atoms with E-state index in [1.807, 2.05) is 0 Å². The van der Waals surface area contributed by atoms with E-state index in [9.17, 15) is 18.7 Å². The van der Waals surface area contributed by atoms with Crippen LogP contribution in [0.25, 0.3) is 0 Å². The zero-order valence-electron chi connectivity index (χ0n) is 8.96. The molecule has 1 aromatic carbocycles. The van der Waals surface area contributed by atoms with Crippen LogP contribution in [0.5, 0.6) is 0 Å². The number of aryl methyl sites for hydroxylation is 1.